The van der Waals surface area contributed by atoms with Crippen LogP contribution in [0.25, 0.3) is 22.3 Å². The molecule has 0 bridgehead atoms. The fourth-order valence-electron chi connectivity index (χ4n) is 4.20. The molecule has 3 aromatic rings. The van der Waals surface area contributed by atoms with E-state index in [4.69, 9.17) is 32.8 Å². The number of phenols is 1. The van der Waals surface area contributed by atoms with Crippen molar-refractivity contribution in [1.29, 1.82) is 0 Å². The molecule has 38 heavy (non-hydrogen) atoms. The maximum atomic E-state index is 13.3. The maximum Gasteiger partial charge on any atom is 0.239 e. The van der Waals surface area contributed by atoms with Crippen LogP contribution in [-0.2, 0) is 4.74 Å². The largest absolute Gasteiger partial charge is 0.504 e. The molecule has 1 fully saturated rings. The highest BCUT2D eigenvalue weighted by Crippen LogP contribution is 2.44. The van der Waals surface area contributed by atoms with Gasteiger partial charge in [0.1, 0.15) is 35.4 Å². The number of benzene rings is 2. The molecule has 0 saturated carbocycles. The number of aliphatic hydroxyl groups is 4. The van der Waals surface area contributed by atoms with Crippen molar-refractivity contribution in [2.24, 2.45) is 0 Å². The SMILES string of the molecule is COc1ccc(-c2oc3cc(OC)c(OC)c(O)c3c(=O)c2OC)cc1OC1OC(CO)C(O)C(O)C1O. The fraction of sp³-hybridized carbons (Fsp3) is 0.400. The van der Waals surface area contributed by atoms with Crippen LogP contribution in [0.1, 0.15) is 0 Å². The van der Waals surface area contributed by atoms with Gasteiger partial charge in [-0.15, -0.1) is 0 Å². The second-order valence-corrected chi connectivity index (χ2v) is 8.31. The van der Waals surface area contributed by atoms with E-state index in [1.54, 1.807) is 6.07 Å². The van der Waals surface area contributed by atoms with Crippen LogP contribution in [0.2, 0.25) is 0 Å². The molecular weight excluding hydrogens is 508 g/mol. The van der Waals surface area contributed by atoms with Crippen molar-refractivity contribution < 1.29 is 58.4 Å². The highest BCUT2D eigenvalue weighted by atomic mass is 16.7. The zero-order valence-corrected chi connectivity index (χ0v) is 20.9. The van der Waals surface area contributed by atoms with Crippen LogP contribution in [-0.4, -0.2) is 91.3 Å². The van der Waals surface area contributed by atoms with E-state index >= 15 is 0 Å². The zero-order chi connectivity index (χ0) is 27.7. The quantitative estimate of drug-likeness (QED) is 0.266. The Kier molecular flexibility index (Phi) is 7.85. The van der Waals surface area contributed by atoms with E-state index in [0.29, 0.717) is 0 Å². The molecule has 1 aliphatic rings. The summed E-state index contributed by atoms with van der Waals surface area (Å²) in [5, 5.41) is 50.5. The molecular formula is C25H28O13. The monoisotopic (exact) mass is 536 g/mol. The molecule has 0 amide bonds. The van der Waals surface area contributed by atoms with Gasteiger partial charge in [0.15, 0.2) is 28.8 Å². The number of hydrogen-bond acceptors (Lipinski definition) is 13. The van der Waals surface area contributed by atoms with Gasteiger partial charge in [0.25, 0.3) is 0 Å². The number of phenolic OH excluding ortho intramolecular Hbond substituents is 1. The minimum atomic E-state index is -1.67. The molecule has 0 aliphatic carbocycles. The van der Waals surface area contributed by atoms with E-state index in [9.17, 15) is 30.3 Å². The summed E-state index contributed by atoms with van der Waals surface area (Å²) in [4.78, 5) is 13.3. The number of fused-ring (bicyclic) bond motifs is 1. The number of hydrogen-bond donors (Lipinski definition) is 5. The summed E-state index contributed by atoms with van der Waals surface area (Å²) < 4.78 is 38.2. The third-order valence-electron chi connectivity index (χ3n) is 6.18. The first-order valence-corrected chi connectivity index (χ1v) is 11.3. The number of ether oxygens (including phenoxy) is 6. The smallest absolute Gasteiger partial charge is 0.239 e. The molecule has 5 unspecified atom stereocenters. The summed E-state index contributed by atoms with van der Waals surface area (Å²) in [5.41, 5.74) is -0.432. The maximum absolute atomic E-state index is 13.3. The summed E-state index contributed by atoms with van der Waals surface area (Å²) in [7, 11) is 5.30. The summed E-state index contributed by atoms with van der Waals surface area (Å²) in [5.74, 6) is -0.477. The van der Waals surface area contributed by atoms with Crippen molar-refractivity contribution in [3.8, 4) is 45.8 Å². The van der Waals surface area contributed by atoms with Crippen molar-refractivity contribution in [2.45, 2.75) is 30.7 Å². The van der Waals surface area contributed by atoms with Gasteiger partial charge in [-0.05, 0) is 18.2 Å². The Balaban J connectivity index is 1.84. The normalized spacial score (nSPS) is 23.2. The van der Waals surface area contributed by atoms with Crippen LogP contribution in [0, 0.1) is 0 Å². The lowest BCUT2D eigenvalue weighted by Gasteiger charge is -2.39. The van der Waals surface area contributed by atoms with E-state index in [1.165, 1.54) is 46.6 Å². The molecule has 0 radical (unpaired) electrons. The van der Waals surface area contributed by atoms with Crippen LogP contribution in [0.5, 0.6) is 34.5 Å². The molecule has 2 heterocycles. The van der Waals surface area contributed by atoms with Crippen LogP contribution in [0.15, 0.2) is 33.5 Å². The van der Waals surface area contributed by atoms with Crippen molar-refractivity contribution >= 4 is 11.0 Å². The highest BCUT2D eigenvalue weighted by Gasteiger charge is 2.45. The lowest BCUT2D eigenvalue weighted by atomic mass is 9.99. The standard InChI is InChI=1S/C25H28O13/c1-32-11-6-5-10(7-12(11)37-25-21(31)20(30)17(27)15(9-26)38-25)22-24(35-4)19(29)16-13(36-22)8-14(33-2)23(34-3)18(16)28/h5-8,15,17,20-21,25-28,30-31H,9H2,1-4H3. The van der Waals surface area contributed by atoms with E-state index in [1.807, 2.05) is 0 Å². The highest BCUT2D eigenvalue weighted by molar-refractivity contribution is 5.91. The number of methoxy groups -OCH3 is 4. The van der Waals surface area contributed by atoms with E-state index < -0.39 is 48.5 Å². The van der Waals surface area contributed by atoms with Gasteiger partial charge < -0.3 is 58.4 Å². The Labute approximate surface area is 215 Å². The average molecular weight is 536 g/mol. The second kappa shape index (κ2) is 10.9. The molecule has 5 N–H and O–H groups in total. The van der Waals surface area contributed by atoms with Gasteiger partial charge in [0.2, 0.25) is 23.2 Å². The first kappa shape index (κ1) is 27.3. The number of aromatic hydroxyl groups is 1. The van der Waals surface area contributed by atoms with Gasteiger partial charge in [-0.3, -0.25) is 4.79 Å². The Morgan fingerprint density at radius 3 is 2.13 bits per heavy atom. The molecule has 0 spiro atoms. The predicted octanol–water partition coefficient (Wildman–Crippen LogP) is 0.379. The number of aliphatic hydroxyl groups excluding tert-OH is 4. The Morgan fingerprint density at radius 1 is 0.842 bits per heavy atom. The Morgan fingerprint density at radius 2 is 1.53 bits per heavy atom. The average Bonchev–Trinajstić information content (AvgIpc) is 2.92. The van der Waals surface area contributed by atoms with Gasteiger partial charge >= 0.3 is 0 Å². The first-order valence-electron chi connectivity index (χ1n) is 11.3. The molecule has 1 aliphatic heterocycles. The predicted molar refractivity (Wildman–Crippen MR) is 130 cm³/mol. The van der Waals surface area contributed by atoms with Gasteiger partial charge in [0, 0.05) is 11.6 Å². The summed E-state index contributed by atoms with van der Waals surface area (Å²) in [6.07, 6.45) is -7.57. The lowest BCUT2D eigenvalue weighted by molar-refractivity contribution is -0.277. The Hall–Kier alpha value is -3.75. The minimum absolute atomic E-state index is 0.00860. The molecule has 1 aromatic heterocycles. The fourth-order valence-corrected chi connectivity index (χ4v) is 4.20. The summed E-state index contributed by atoms with van der Waals surface area (Å²) in [6, 6.07) is 5.83. The molecule has 2 aromatic carbocycles. The van der Waals surface area contributed by atoms with Crippen LogP contribution >= 0.6 is 0 Å². The van der Waals surface area contributed by atoms with Gasteiger partial charge in [-0.1, -0.05) is 0 Å². The van der Waals surface area contributed by atoms with E-state index in [0.717, 1.165) is 0 Å². The van der Waals surface area contributed by atoms with Crippen LogP contribution in [0.4, 0.5) is 0 Å². The van der Waals surface area contributed by atoms with Crippen molar-refractivity contribution in [3.63, 3.8) is 0 Å². The lowest BCUT2D eigenvalue weighted by Crippen LogP contribution is -2.60. The van der Waals surface area contributed by atoms with Crippen molar-refractivity contribution in [1.82, 2.24) is 0 Å². The van der Waals surface area contributed by atoms with Gasteiger partial charge in [0.05, 0.1) is 35.0 Å². The van der Waals surface area contributed by atoms with Crippen LogP contribution in [0.3, 0.4) is 0 Å². The van der Waals surface area contributed by atoms with Crippen molar-refractivity contribution in [2.75, 3.05) is 35.0 Å². The van der Waals surface area contributed by atoms with Crippen LogP contribution < -0.4 is 29.1 Å². The molecule has 13 nitrogen and oxygen atoms in total. The topological polar surface area (TPSA) is 187 Å². The summed E-state index contributed by atoms with van der Waals surface area (Å²) in [6.45, 7) is -0.636. The molecule has 5 atom stereocenters. The molecule has 1 saturated heterocycles. The third kappa shape index (κ3) is 4.54. The van der Waals surface area contributed by atoms with Gasteiger partial charge in [-0.25, -0.2) is 0 Å². The van der Waals surface area contributed by atoms with E-state index in [-0.39, 0.29) is 51.0 Å². The molecule has 206 valence electrons. The van der Waals surface area contributed by atoms with Gasteiger partial charge in [-0.2, -0.15) is 0 Å². The van der Waals surface area contributed by atoms with E-state index in [2.05, 4.69) is 0 Å². The molecule has 4 rings (SSSR count). The molecule has 13 heteroatoms. The summed E-state index contributed by atoms with van der Waals surface area (Å²) >= 11 is 0. The minimum Gasteiger partial charge on any atom is -0.504 e. The van der Waals surface area contributed by atoms with Crippen molar-refractivity contribution in [3.05, 3.63) is 34.5 Å². The number of rotatable bonds is 8. The zero-order valence-electron chi connectivity index (χ0n) is 20.9. The Bertz CT molecular complexity index is 1370. The second-order valence-electron chi connectivity index (χ2n) is 8.31. The first-order chi connectivity index (χ1) is 18.2. The third-order valence-corrected chi connectivity index (χ3v) is 6.18.